The summed E-state index contributed by atoms with van der Waals surface area (Å²) in [5, 5.41) is 29.0. The smallest absolute Gasteiger partial charge is 0.243 e. The van der Waals surface area contributed by atoms with Crippen LogP contribution in [0.5, 0.6) is 17.2 Å². The first-order chi connectivity index (χ1) is 55.0. The van der Waals surface area contributed by atoms with Gasteiger partial charge in [0.05, 0.1) is 67.8 Å². The largest absolute Gasteiger partial charge is 0.508 e. The summed E-state index contributed by atoms with van der Waals surface area (Å²) in [5.41, 5.74) is 11.7. The molecular weight excluding hydrogens is 1610 g/mol. The number of sulfonamides is 4. The molecule has 11 aromatic rings. The predicted octanol–water partition coefficient (Wildman–Crippen LogP) is 14.5. The van der Waals surface area contributed by atoms with Crippen LogP contribution in [-0.2, 0) is 116 Å². The molecule has 2 aliphatic heterocycles. The molecule has 6 heterocycles. The Balaban J connectivity index is 0.737. The SMILES string of the molecule is Cc1ccc(S(=O)(=O)N2Cc3cc(cc(OCc4cn(Cc5cc(O)cc(Cn6cc(COc7cc8cc(c7)CN(S(=O)(=O)c7ccc(C)cc7)[C@H](C)CSCc7cccc(n7)CSC[C@@H](C)N(S(=O)(=O)c7ccc(C)cc7)C8)nn6)c5)nn4)c3)CN(S(=O)(=O)c3ccc(C)cc3)[C@H](C)CSCc3cccc(n3)CSC[C@H]2C)cc1. The summed E-state index contributed by atoms with van der Waals surface area (Å²) in [5.74, 6) is 4.76. The summed E-state index contributed by atoms with van der Waals surface area (Å²) in [6, 6.07) is 53.1. The van der Waals surface area contributed by atoms with Crippen LogP contribution >= 0.6 is 47.0 Å². The number of aromatic hydroxyl groups is 1. The summed E-state index contributed by atoms with van der Waals surface area (Å²) >= 11 is 6.42. The molecule has 7 aromatic carbocycles. The lowest BCUT2D eigenvalue weighted by molar-refractivity contribution is 0.298. The Morgan fingerprint density at radius 1 is 0.374 bits per heavy atom. The molecule has 0 saturated heterocycles. The number of fused-ring (bicyclic) bond motifs is 8. The lowest BCUT2D eigenvalue weighted by Crippen LogP contribution is -2.40. The van der Waals surface area contributed by atoms with Crippen molar-refractivity contribution in [3.8, 4) is 17.2 Å². The third kappa shape index (κ3) is 21.9. The van der Waals surface area contributed by atoms with Crippen LogP contribution in [0.15, 0.2) is 220 Å². The number of phenols is 1. The van der Waals surface area contributed by atoms with Gasteiger partial charge < -0.3 is 14.6 Å². The van der Waals surface area contributed by atoms with Crippen LogP contribution in [0.3, 0.4) is 0 Å². The van der Waals surface area contributed by atoms with E-state index >= 15 is 0 Å². The van der Waals surface area contributed by atoms with Crippen LogP contribution in [0.2, 0.25) is 0 Å². The maximum atomic E-state index is 14.9. The van der Waals surface area contributed by atoms with E-state index in [0.29, 0.717) is 102 Å². The molecule has 0 unspecified atom stereocenters. The lowest BCUT2D eigenvalue weighted by Gasteiger charge is -2.30. The number of ether oxygens (including phenoxy) is 2. The van der Waals surface area contributed by atoms with Crippen molar-refractivity contribution < 1.29 is 48.3 Å². The van der Waals surface area contributed by atoms with E-state index in [-0.39, 0.29) is 77.8 Å². The first-order valence-electron chi connectivity index (χ1n) is 37.7. The number of phenolic OH excluding ortho intramolecular Hbond substituents is 1. The van der Waals surface area contributed by atoms with Crippen molar-refractivity contribution in [2.45, 2.75) is 175 Å². The molecule has 604 valence electrons. The second kappa shape index (κ2) is 37.4. The van der Waals surface area contributed by atoms with Crippen molar-refractivity contribution in [3.63, 3.8) is 0 Å². The Hall–Kier alpha value is -8.44. The monoisotopic (exact) mass is 1700 g/mol. The zero-order valence-electron chi connectivity index (χ0n) is 65.3. The topological polar surface area (TPSA) is 275 Å². The van der Waals surface area contributed by atoms with E-state index in [1.807, 2.05) is 110 Å². The summed E-state index contributed by atoms with van der Waals surface area (Å²) in [4.78, 5) is 10.5. The third-order valence-electron chi connectivity index (χ3n) is 19.7. The quantitative estimate of drug-likeness (QED) is 0.0835. The van der Waals surface area contributed by atoms with Gasteiger partial charge in [0.2, 0.25) is 40.1 Å². The molecule has 2 aliphatic rings. The number of hydrogen-bond acceptors (Lipinski definition) is 21. The second-order valence-electron chi connectivity index (χ2n) is 29.5. The van der Waals surface area contributed by atoms with E-state index in [0.717, 1.165) is 45.0 Å². The summed E-state index contributed by atoms with van der Waals surface area (Å²) in [6.45, 7) is 15.2. The lowest BCUT2D eigenvalue weighted by atomic mass is 10.1. The fourth-order valence-electron chi connectivity index (χ4n) is 13.6. The van der Waals surface area contributed by atoms with Gasteiger partial charge in [-0.1, -0.05) is 112 Å². The van der Waals surface area contributed by atoms with Crippen molar-refractivity contribution in [1.29, 1.82) is 0 Å². The number of hydrogen-bond donors (Lipinski definition) is 1. The van der Waals surface area contributed by atoms with E-state index in [1.54, 1.807) is 202 Å². The molecule has 0 fully saturated rings. The standard InChI is InChI=1S/C84H94N12O11S8/c1-58-15-23-81(24-16-58)112(98,99)93-42-68-32-69(43-94(113(100,101)82-25-17-59(2)18-26-82)63(6)51-109-55-73-12-9-11-72(85-73)54-108-50-62(93)5)37-79(36-68)106-48-76-46-91(89-87-76)40-66-31-67(35-78(97)34-66)41-92-47-77(88-90-92)49-107-80-38-70-33-71(39-80)45-96(115(104,105)84-29-21-61(4)22-30-84)65(8)53-111-57-75-14-10-13-74(86-75)56-110-52-64(7)95(44-70)114(102,103)83-27-19-60(3)20-28-83/h9-39,46-47,62-65,97H,40-45,48-57H2,1-8H3/t62-,63-,64-,65-/m1/s1. The van der Waals surface area contributed by atoms with Crippen LogP contribution in [0.25, 0.3) is 0 Å². The average Bonchev–Trinajstić information content (AvgIpc) is 1.21. The molecule has 4 atom stereocenters. The highest BCUT2D eigenvalue weighted by Gasteiger charge is 2.36. The molecule has 115 heavy (non-hydrogen) atoms. The van der Waals surface area contributed by atoms with Gasteiger partial charge in [-0.3, -0.25) is 9.97 Å². The first-order valence-corrected chi connectivity index (χ1v) is 48.1. The van der Waals surface area contributed by atoms with Gasteiger partial charge in [-0.05, 0) is 198 Å². The average molecular weight is 1700 g/mol. The minimum atomic E-state index is -4.11. The van der Waals surface area contributed by atoms with Crippen LogP contribution in [0.4, 0.5) is 0 Å². The van der Waals surface area contributed by atoms with Gasteiger partial charge in [-0.2, -0.15) is 64.3 Å². The zero-order chi connectivity index (χ0) is 81.2. The fourth-order valence-corrected chi connectivity index (χ4v) is 24.5. The first kappa shape index (κ1) is 84.5. The molecule has 13 rings (SSSR count). The Morgan fingerprint density at radius 3 is 0.913 bits per heavy atom. The number of thioether (sulfide) groups is 4. The van der Waals surface area contributed by atoms with Crippen LogP contribution in [-0.4, -0.2) is 143 Å². The number of benzene rings is 7. The molecule has 1 N–H and O–H groups in total. The number of pyridine rings is 2. The van der Waals surface area contributed by atoms with E-state index in [9.17, 15) is 38.8 Å². The van der Waals surface area contributed by atoms with Crippen LogP contribution < -0.4 is 9.47 Å². The Bertz CT molecular complexity index is 5080. The van der Waals surface area contributed by atoms with Gasteiger partial charge in [0.25, 0.3) is 0 Å². The minimum Gasteiger partial charge on any atom is -0.508 e. The predicted molar refractivity (Wildman–Crippen MR) is 455 cm³/mol. The number of aromatic nitrogens is 8. The molecule has 0 aliphatic carbocycles. The van der Waals surface area contributed by atoms with E-state index < -0.39 is 64.3 Å². The number of nitrogens with zero attached hydrogens (tertiary/aromatic N) is 12. The highest BCUT2D eigenvalue weighted by atomic mass is 32.2. The highest BCUT2D eigenvalue weighted by Crippen LogP contribution is 2.35. The van der Waals surface area contributed by atoms with E-state index in [4.69, 9.17) is 19.4 Å². The zero-order valence-corrected chi connectivity index (χ0v) is 71.9. The van der Waals surface area contributed by atoms with Crippen LogP contribution in [0.1, 0.15) is 117 Å². The van der Waals surface area contributed by atoms with Gasteiger partial charge >= 0.3 is 0 Å². The molecule has 23 nitrogen and oxygen atoms in total. The van der Waals surface area contributed by atoms with Gasteiger partial charge in [-0.25, -0.2) is 43.0 Å². The van der Waals surface area contributed by atoms with Gasteiger partial charge in [0, 0.05) is 96.4 Å². The molecular formula is C84H94N12O11S8. The molecule has 8 bridgehead atoms. The molecule has 0 spiro atoms. The van der Waals surface area contributed by atoms with Crippen molar-refractivity contribution in [1.82, 2.24) is 57.2 Å². The fraction of sp³-hybridized carbons (Fsp3) is 0.333. The molecule has 4 aromatic heterocycles. The maximum Gasteiger partial charge on any atom is 0.243 e. The minimum absolute atomic E-state index is 0.00254. The Morgan fingerprint density at radius 2 is 0.643 bits per heavy atom. The summed E-state index contributed by atoms with van der Waals surface area (Å²) < 4.78 is 142. The second-order valence-corrected chi connectivity index (χ2v) is 41.2. The maximum absolute atomic E-state index is 14.9. The van der Waals surface area contributed by atoms with Crippen LogP contribution in [0, 0.1) is 27.7 Å². The molecule has 0 saturated carbocycles. The van der Waals surface area contributed by atoms with Gasteiger partial charge in [0.15, 0.2) is 0 Å². The number of aryl methyl sites for hydroxylation is 4. The highest BCUT2D eigenvalue weighted by molar-refractivity contribution is 7.99. The van der Waals surface area contributed by atoms with Crippen molar-refractivity contribution >= 4 is 87.1 Å². The Kier molecular flexibility index (Phi) is 27.5. The normalized spacial score (nSPS) is 18.2. The molecule has 31 heteroatoms. The number of rotatable bonds is 18. The van der Waals surface area contributed by atoms with Crippen molar-refractivity contribution in [3.05, 3.63) is 290 Å². The molecule has 0 radical (unpaired) electrons. The Labute approximate surface area is 692 Å². The van der Waals surface area contributed by atoms with E-state index in [2.05, 4.69) is 20.6 Å². The summed E-state index contributed by atoms with van der Waals surface area (Å²) in [7, 11) is -16.4. The van der Waals surface area contributed by atoms with Gasteiger partial charge in [0.1, 0.15) is 41.9 Å². The van der Waals surface area contributed by atoms with Crippen molar-refractivity contribution in [2.24, 2.45) is 0 Å². The van der Waals surface area contributed by atoms with Gasteiger partial charge in [-0.15, -0.1) is 10.2 Å². The third-order valence-corrected chi connectivity index (χ3v) is 32.5. The van der Waals surface area contributed by atoms with E-state index in [1.165, 1.54) is 17.2 Å². The van der Waals surface area contributed by atoms with Crippen molar-refractivity contribution in [2.75, 3.05) is 23.0 Å². The molecule has 0 amide bonds. The summed E-state index contributed by atoms with van der Waals surface area (Å²) in [6.07, 6.45) is 3.46.